The van der Waals surface area contributed by atoms with Crippen LogP contribution in [-0.2, 0) is 20.8 Å². The van der Waals surface area contributed by atoms with E-state index in [4.69, 9.17) is 10.5 Å². The molecule has 0 saturated carbocycles. The van der Waals surface area contributed by atoms with Gasteiger partial charge in [0.2, 0.25) is 5.91 Å². The number of aliphatic hydroxyl groups excluding tert-OH is 1. The molecule has 4 fully saturated rings. The van der Waals surface area contributed by atoms with Crippen LogP contribution in [0.25, 0.3) is 0 Å². The number of nitrogens with zero attached hydrogens (tertiary/aromatic N) is 3. The average molecular weight is 641 g/mol. The minimum Gasteiger partial charge on any atom is -0.488 e. The molecular weight excluding hydrogens is 603 g/mol. The first-order valence-electron chi connectivity index (χ1n) is 13.3. The minimum absolute atomic E-state index is 0.00706. The Balaban J connectivity index is 1.25. The van der Waals surface area contributed by atoms with Crippen molar-refractivity contribution in [3.63, 3.8) is 0 Å². The zero-order valence-corrected chi connectivity index (χ0v) is 24.1. The highest BCUT2D eigenvalue weighted by atomic mass is 127. The quantitative estimate of drug-likeness (QED) is 0.195. The fourth-order valence-corrected chi connectivity index (χ4v) is 7.51. The number of carboxylic acid groups (broad SMARTS) is 1. The number of fused-ring (bicyclic) bond motifs is 4. The van der Waals surface area contributed by atoms with Gasteiger partial charge in [-0.25, -0.2) is 4.79 Å². The van der Waals surface area contributed by atoms with Crippen molar-refractivity contribution in [3.8, 4) is 5.75 Å². The average Bonchev–Trinajstić information content (AvgIpc) is 3.11. The number of β-lactam (4-membered cyclic amide) rings is 1. The summed E-state index contributed by atoms with van der Waals surface area (Å²) in [6.07, 6.45) is 0.0760. The SMILES string of the molecule is CC(O)C1C(=O)N2C(C(=O)O)=C(COc3cc(CC[N+]45CC[N+](CC(N)=O)(CC4)CC5)ccc3I)[C@H](C)C12. The van der Waals surface area contributed by atoms with Gasteiger partial charge in [0.05, 0.1) is 28.2 Å². The van der Waals surface area contributed by atoms with Crippen LogP contribution >= 0.6 is 22.6 Å². The molecule has 11 heteroatoms. The van der Waals surface area contributed by atoms with E-state index >= 15 is 0 Å². The Kier molecular flexibility index (Phi) is 7.25. The van der Waals surface area contributed by atoms with Crippen molar-refractivity contribution in [1.82, 2.24) is 4.90 Å². The number of aliphatic carboxylic acids is 1. The predicted octanol–water partition coefficient (Wildman–Crippen LogP) is 0.555. The topological polar surface area (TPSA) is 130 Å². The van der Waals surface area contributed by atoms with Crippen LogP contribution in [0.1, 0.15) is 19.4 Å². The number of benzene rings is 1. The Hall–Kier alpha value is -2.22. The number of piperazine rings is 3. The van der Waals surface area contributed by atoms with E-state index < -0.39 is 18.0 Å². The van der Waals surface area contributed by atoms with Crippen LogP contribution in [0.5, 0.6) is 5.75 Å². The number of amides is 2. The molecule has 0 radical (unpaired) electrons. The molecule has 3 unspecified atom stereocenters. The van der Waals surface area contributed by atoms with Crippen LogP contribution in [0.15, 0.2) is 29.5 Å². The largest absolute Gasteiger partial charge is 0.488 e. The first-order valence-corrected chi connectivity index (χ1v) is 14.4. The predicted molar refractivity (Wildman–Crippen MR) is 147 cm³/mol. The molecule has 2 bridgehead atoms. The summed E-state index contributed by atoms with van der Waals surface area (Å²) in [6.45, 7) is 11.2. The summed E-state index contributed by atoms with van der Waals surface area (Å²) in [5, 5.41) is 19.9. The third-order valence-corrected chi connectivity index (χ3v) is 10.3. The van der Waals surface area contributed by atoms with Gasteiger partial charge in [-0.15, -0.1) is 0 Å². The van der Waals surface area contributed by atoms with E-state index in [1.54, 1.807) is 6.92 Å². The standard InChI is InChI=1S/C27H35IN4O6/c1-16-19(25(27(36)37)30-24(16)23(17(2)33)26(30)35)15-38-21-13-18(3-4-20(21)28)5-6-31-7-10-32(11-8-31,12-9-31)14-22(29)34/h3-4,13,16-17,23-24,33H,5-12,14-15H2,1-2H3,(H-2,29,34,36,37)/p+2/t16-,17?,23?,24?,31?,32?/m0/s1. The maximum Gasteiger partial charge on any atom is 0.352 e. The van der Waals surface area contributed by atoms with Gasteiger partial charge in [-0.2, -0.15) is 0 Å². The molecule has 1 aromatic rings. The molecule has 0 spiro atoms. The van der Waals surface area contributed by atoms with Crippen molar-refractivity contribution >= 4 is 40.4 Å². The van der Waals surface area contributed by atoms with Gasteiger partial charge in [-0.1, -0.05) is 13.0 Å². The third-order valence-electron chi connectivity index (χ3n) is 9.41. The fraction of sp³-hybridized carbons (Fsp3) is 0.593. The highest BCUT2D eigenvalue weighted by molar-refractivity contribution is 14.1. The van der Waals surface area contributed by atoms with Gasteiger partial charge in [0.1, 0.15) is 57.3 Å². The summed E-state index contributed by atoms with van der Waals surface area (Å²) < 4.78 is 9.04. The van der Waals surface area contributed by atoms with E-state index in [1.165, 1.54) is 10.5 Å². The zero-order valence-electron chi connectivity index (χ0n) is 21.9. The molecule has 4 saturated heterocycles. The maximum absolute atomic E-state index is 12.6. The molecule has 5 heterocycles. The van der Waals surface area contributed by atoms with Gasteiger partial charge < -0.3 is 34.5 Å². The summed E-state index contributed by atoms with van der Waals surface area (Å²) in [5.41, 5.74) is 7.24. The Bertz CT molecular complexity index is 1180. The number of hydrogen-bond donors (Lipinski definition) is 3. The number of carbonyl (C=O) groups excluding carboxylic acids is 2. The molecule has 0 aliphatic carbocycles. The molecule has 6 rings (SSSR count). The van der Waals surface area contributed by atoms with Crippen LogP contribution in [0, 0.1) is 15.4 Å². The number of aliphatic hydroxyl groups is 1. The van der Waals surface area contributed by atoms with Crippen LogP contribution < -0.4 is 10.5 Å². The number of nitrogens with two attached hydrogens (primary N) is 1. The number of hydrogen-bond acceptors (Lipinski definition) is 5. The van der Waals surface area contributed by atoms with E-state index in [1.807, 2.05) is 19.1 Å². The molecule has 4 N–H and O–H groups in total. The number of halogens is 1. The first-order chi connectivity index (χ1) is 18.0. The molecule has 5 aliphatic heterocycles. The molecule has 38 heavy (non-hydrogen) atoms. The Morgan fingerprint density at radius 2 is 1.82 bits per heavy atom. The number of quaternary nitrogens is 2. The number of carbonyl (C=O) groups is 3. The van der Waals surface area contributed by atoms with E-state index in [0.717, 1.165) is 64.8 Å². The Labute approximate surface area is 236 Å². The van der Waals surface area contributed by atoms with Gasteiger partial charge >= 0.3 is 5.97 Å². The van der Waals surface area contributed by atoms with Crippen molar-refractivity contribution < 1.29 is 38.3 Å². The third kappa shape index (κ3) is 4.71. The van der Waals surface area contributed by atoms with Gasteiger partial charge in [0, 0.05) is 17.9 Å². The molecule has 1 aromatic carbocycles. The molecule has 0 aromatic heterocycles. The van der Waals surface area contributed by atoms with Crippen molar-refractivity contribution in [2.45, 2.75) is 32.4 Å². The zero-order chi connectivity index (χ0) is 27.4. The lowest BCUT2D eigenvalue weighted by molar-refractivity contribution is -1.08. The van der Waals surface area contributed by atoms with E-state index in [0.29, 0.717) is 17.9 Å². The Morgan fingerprint density at radius 1 is 1.18 bits per heavy atom. The van der Waals surface area contributed by atoms with Gasteiger partial charge in [-0.3, -0.25) is 9.59 Å². The molecule has 4 atom stereocenters. The maximum atomic E-state index is 12.6. The van der Waals surface area contributed by atoms with Crippen molar-refractivity contribution in [1.29, 1.82) is 0 Å². The number of ether oxygens (including phenoxy) is 1. The lowest BCUT2D eigenvalue weighted by atomic mass is 9.78. The van der Waals surface area contributed by atoms with Crippen LogP contribution in [-0.4, -0.2) is 113 Å². The van der Waals surface area contributed by atoms with Gasteiger partial charge in [0.15, 0.2) is 6.54 Å². The van der Waals surface area contributed by atoms with Crippen LogP contribution in [0.3, 0.4) is 0 Å². The lowest BCUT2D eigenvalue weighted by Gasteiger charge is -2.55. The normalized spacial score (nSPS) is 32.7. The molecule has 10 nitrogen and oxygen atoms in total. The van der Waals surface area contributed by atoms with Gasteiger partial charge in [-0.05, 0) is 47.2 Å². The summed E-state index contributed by atoms with van der Waals surface area (Å²) in [7, 11) is 0. The second-order valence-electron chi connectivity index (χ2n) is 11.6. The minimum atomic E-state index is -1.14. The molecule has 5 aliphatic rings. The number of primary amides is 1. The van der Waals surface area contributed by atoms with Crippen LogP contribution in [0.2, 0.25) is 0 Å². The highest BCUT2D eigenvalue weighted by Crippen LogP contribution is 2.47. The second-order valence-corrected chi connectivity index (χ2v) is 12.8. The molecule has 206 valence electrons. The number of carboxylic acids is 1. The summed E-state index contributed by atoms with van der Waals surface area (Å²) in [5.74, 6) is -1.79. The lowest BCUT2D eigenvalue weighted by Crippen LogP contribution is -2.76. The van der Waals surface area contributed by atoms with Crippen molar-refractivity contribution in [3.05, 3.63) is 38.6 Å². The smallest absolute Gasteiger partial charge is 0.352 e. The molecular formula is C27H37IN4O6+2. The fourth-order valence-electron chi connectivity index (χ4n) is 7.02. The summed E-state index contributed by atoms with van der Waals surface area (Å²) in [4.78, 5) is 37.5. The van der Waals surface area contributed by atoms with Crippen molar-refractivity contribution in [2.24, 2.45) is 17.6 Å². The second kappa shape index (κ2) is 10.1. The Morgan fingerprint density at radius 3 is 2.39 bits per heavy atom. The first kappa shape index (κ1) is 27.4. The molecule has 2 amide bonds. The monoisotopic (exact) mass is 640 g/mol. The van der Waals surface area contributed by atoms with Crippen molar-refractivity contribution in [2.75, 3.05) is 59.0 Å². The van der Waals surface area contributed by atoms with Gasteiger partial charge in [0.25, 0.3) is 5.91 Å². The van der Waals surface area contributed by atoms with Crippen LogP contribution in [0.4, 0.5) is 0 Å². The highest BCUT2D eigenvalue weighted by Gasteiger charge is 2.60. The summed E-state index contributed by atoms with van der Waals surface area (Å²) in [6, 6.07) is 5.84. The van der Waals surface area contributed by atoms with E-state index in [2.05, 4.69) is 28.7 Å². The summed E-state index contributed by atoms with van der Waals surface area (Å²) >= 11 is 2.22. The van der Waals surface area contributed by atoms with E-state index in [9.17, 15) is 24.6 Å². The number of rotatable bonds is 10. The van der Waals surface area contributed by atoms with E-state index in [-0.39, 0.29) is 36.1 Å².